The van der Waals surface area contributed by atoms with Gasteiger partial charge in [-0.1, -0.05) is 44.5 Å². The van der Waals surface area contributed by atoms with Gasteiger partial charge in [-0.05, 0) is 30.5 Å². The van der Waals surface area contributed by atoms with E-state index in [4.69, 9.17) is 21.1 Å². The Bertz CT molecular complexity index is 990. The third-order valence-corrected chi connectivity index (χ3v) is 5.36. The minimum Gasteiger partial charge on any atom is -0.496 e. The largest absolute Gasteiger partial charge is 0.496 e. The van der Waals surface area contributed by atoms with Crippen molar-refractivity contribution >= 4 is 45.6 Å². The molecule has 0 aliphatic rings. The van der Waals surface area contributed by atoms with Crippen molar-refractivity contribution < 1.29 is 23.9 Å². The molecule has 0 N–H and O–H groups in total. The van der Waals surface area contributed by atoms with Crippen LogP contribution in [0.3, 0.4) is 0 Å². The molecule has 0 saturated carbocycles. The number of nitrogens with zero attached hydrogens (tertiary/aromatic N) is 1. The van der Waals surface area contributed by atoms with E-state index < -0.39 is 11.9 Å². The highest BCUT2D eigenvalue weighted by Gasteiger charge is 2.29. The summed E-state index contributed by atoms with van der Waals surface area (Å²) in [6.07, 6.45) is 2.23. The van der Waals surface area contributed by atoms with Gasteiger partial charge in [-0.15, -0.1) is 11.3 Å². The van der Waals surface area contributed by atoms with Crippen LogP contribution in [0.25, 0.3) is 0 Å². The number of anilines is 1. The fourth-order valence-corrected chi connectivity index (χ4v) is 4.05. The van der Waals surface area contributed by atoms with Crippen LogP contribution in [-0.2, 0) is 14.3 Å². The van der Waals surface area contributed by atoms with Crippen molar-refractivity contribution in [3.05, 3.63) is 57.9 Å². The van der Waals surface area contributed by atoms with E-state index in [9.17, 15) is 14.4 Å². The number of benzene rings is 1. The number of hydrogen-bond donors (Lipinski definition) is 0. The average molecular weight is 464 g/mol. The second-order valence-corrected chi connectivity index (χ2v) is 9.53. The van der Waals surface area contributed by atoms with Crippen LogP contribution in [-0.4, -0.2) is 37.9 Å². The molecule has 0 aliphatic carbocycles. The monoisotopic (exact) mass is 463 g/mol. The van der Waals surface area contributed by atoms with Crippen LogP contribution in [0.15, 0.2) is 42.5 Å². The van der Waals surface area contributed by atoms with Gasteiger partial charge in [0.2, 0.25) is 0 Å². The Labute approximate surface area is 191 Å². The maximum atomic E-state index is 13.3. The molecule has 166 valence electrons. The molecule has 1 heterocycles. The average Bonchev–Trinajstić information content (AvgIpc) is 3.10. The fourth-order valence-electron chi connectivity index (χ4n) is 2.84. The highest BCUT2D eigenvalue weighted by Crippen LogP contribution is 2.38. The van der Waals surface area contributed by atoms with Gasteiger partial charge in [0.25, 0.3) is 5.91 Å². The molecule has 1 amide bonds. The van der Waals surface area contributed by atoms with Crippen LogP contribution >= 0.6 is 22.9 Å². The van der Waals surface area contributed by atoms with E-state index in [0.29, 0.717) is 32.8 Å². The predicted octanol–water partition coefficient (Wildman–Crippen LogP) is 5.14. The number of methoxy groups -OCH3 is 1. The summed E-state index contributed by atoms with van der Waals surface area (Å²) in [5, 5.41) is 0.411. The van der Waals surface area contributed by atoms with Crippen LogP contribution in [0.1, 0.15) is 43.6 Å². The first-order valence-electron chi connectivity index (χ1n) is 9.70. The molecular formula is C23H26ClNO5S. The number of ketones is 1. The number of esters is 1. The summed E-state index contributed by atoms with van der Waals surface area (Å²) in [4.78, 5) is 39.5. The van der Waals surface area contributed by atoms with E-state index in [1.807, 2.05) is 20.8 Å². The van der Waals surface area contributed by atoms with Gasteiger partial charge < -0.3 is 9.47 Å². The molecule has 0 bridgehead atoms. The molecule has 2 aromatic rings. The Morgan fingerprint density at radius 2 is 1.81 bits per heavy atom. The molecule has 0 radical (unpaired) electrons. The molecular weight excluding hydrogens is 438 g/mol. The number of halogens is 1. The third-order valence-electron chi connectivity index (χ3n) is 4.07. The third kappa shape index (κ3) is 6.67. The zero-order chi connectivity index (χ0) is 23.2. The molecule has 0 fully saturated rings. The highest BCUT2D eigenvalue weighted by atomic mass is 35.5. The smallest absolute Gasteiger partial charge is 0.330 e. The lowest BCUT2D eigenvalue weighted by Gasteiger charge is -2.29. The number of hydrogen-bond acceptors (Lipinski definition) is 6. The lowest BCUT2D eigenvalue weighted by molar-refractivity contribution is -0.137. The predicted molar refractivity (Wildman–Crippen MR) is 123 cm³/mol. The van der Waals surface area contributed by atoms with Crippen molar-refractivity contribution in [2.24, 2.45) is 5.41 Å². The SMILES string of the molecule is CCOC(=O)/C=C/C(=O)N(CC(C)(C)C)c1sc(Cl)cc1C(=O)c1ccccc1OC. The molecule has 2 rings (SSSR count). The van der Waals surface area contributed by atoms with Crippen molar-refractivity contribution in [3.63, 3.8) is 0 Å². The zero-order valence-electron chi connectivity index (χ0n) is 18.2. The van der Waals surface area contributed by atoms with Crippen LogP contribution in [0, 0.1) is 5.41 Å². The number of carbonyl (C=O) groups is 3. The number of rotatable bonds is 8. The summed E-state index contributed by atoms with van der Waals surface area (Å²) in [5.41, 5.74) is 0.377. The Morgan fingerprint density at radius 3 is 2.42 bits per heavy atom. The Hall–Kier alpha value is -2.64. The topological polar surface area (TPSA) is 72.9 Å². The Balaban J connectivity index is 2.51. The van der Waals surface area contributed by atoms with Gasteiger partial charge in [-0.3, -0.25) is 14.5 Å². The molecule has 0 atom stereocenters. The van der Waals surface area contributed by atoms with E-state index in [1.54, 1.807) is 37.3 Å². The van der Waals surface area contributed by atoms with Crippen LogP contribution in [0.4, 0.5) is 5.00 Å². The lowest BCUT2D eigenvalue weighted by atomic mass is 9.95. The van der Waals surface area contributed by atoms with Gasteiger partial charge in [0.05, 0.1) is 29.2 Å². The highest BCUT2D eigenvalue weighted by molar-refractivity contribution is 7.20. The summed E-state index contributed by atoms with van der Waals surface area (Å²) >= 11 is 7.40. The minimum atomic E-state index is -0.610. The van der Waals surface area contributed by atoms with E-state index in [-0.39, 0.29) is 17.8 Å². The molecule has 1 aromatic heterocycles. The van der Waals surface area contributed by atoms with Crippen LogP contribution in [0.5, 0.6) is 5.75 Å². The van der Waals surface area contributed by atoms with Gasteiger partial charge in [-0.2, -0.15) is 0 Å². The van der Waals surface area contributed by atoms with Gasteiger partial charge in [0, 0.05) is 18.7 Å². The Morgan fingerprint density at radius 1 is 1.13 bits per heavy atom. The maximum absolute atomic E-state index is 13.3. The van der Waals surface area contributed by atoms with Crippen molar-refractivity contribution in [1.82, 2.24) is 0 Å². The first-order chi connectivity index (χ1) is 14.6. The van der Waals surface area contributed by atoms with E-state index in [2.05, 4.69) is 0 Å². The van der Waals surface area contributed by atoms with Crippen molar-refractivity contribution in [2.45, 2.75) is 27.7 Å². The summed E-state index contributed by atoms with van der Waals surface area (Å²) < 4.78 is 10.5. The first-order valence-corrected chi connectivity index (χ1v) is 10.9. The fraction of sp³-hybridized carbons (Fsp3) is 0.348. The number of amides is 1. The van der Waals surface area contributed by atoms with Crippen molar-refractivity contribution in [2.75, 3.05) is 25.2 Å². The Kier molecular flexibility index (Phi) is 8.42. The van der Waals surface area contributed by atoms with E-state index in [0.717, 1.165) is 23.5 Å². The van der Waals surface area contributed by atoms with Gasteiger partial charge >= 0.3 is 5.97 Å². The maximum Gasteiger partial charge on any atom is 0.330 e. The first kappa shape index (κ1) is 24.6. The van der Waals surface area contributed by atoms with Gasteiger partial charge in [0.15, 0.2) is 5.78 Å². The molecule has 6 nitrogen and oxygen atoms in total. The zero-order valence-corrected chi connectivity index (χ0v) is 19.8. The second-order valence-electron chi connectivity index (χ2n) is 7.87. The summed E-state index contributed by atoms with van der Waals surface area (Å²) in [7, 11) is 1.49. The molecule has 0 spiro atoms. The second kappa shape index (κ2) is 10.6. The molecule has 31 heavy (non-hydrogen) atoms. The number of para-hydroxylation sites is 1. The van der Waals surface area contributed by atoms with E-state index in [1.165, 1.54) is 12.0 Å². The van der Waals surface area contributed by atoms with Gasteiger partial charge in [0.1, 0.15) is 10.8 Å². The molecule has 0 unspecified atom stereocenters. The number of carbonyl (C=O) groups excluding carboxylic acids is 3. The van der Waals surface area contributed by atoms with Crippen molar-refractivity contribution in [1.29, 1.82) is 0 Å². The molecule has 1 aromatic carbocycles. The van der Waals surface area contributed by atoms with E-state index >= 15 is 0 Å². The minimum absolute atomic E-state index is 0.209. The summed E-state index contributed by atoms with van der Waals surface area (Å²) in [6.45, 7) is 8.11. The van der Waals surface area contributed by atoms with Crippen LogP contribution in [0.2, 0.25) is 4.34 Å². The lowest BCUT2D eigenvalue weighted by Crippen LogP contribution is -2.37. The standard InChI is InChI=1S/C23H26ClNO5S/c1-6-30-20(27)12-11-19(26)25(14-23(2,3)4)22-16(13-18(24)31-22)21(28)15-9-7-8-10-17(15)29-5/h7-13H,6,14H2,1-5H3/b12-11+. The summed E-state index contributed by atoms with van der Waals surface area (Å²) in [5.74, 6) is -0.940. The number of ether oxygens (including phenoxy) is 2. The molecule has 0 aliphatic heterocycles. The quantitative estimate of drug-likeness (QED) is 0.308. The molecule has 0 saturated heterocycles. The number of thiophene rings is 1. The van der Waals surface area contributed by atoms with Crippen LogP contribution < -0.4 is 9.64 Å². The van der Waals surface area contributed by atoms with Crippen molar-refractivity contribution in [3.8, 4) is 5.75 Å². The normalized spacial score (nSPS) is 11.4. The summed E-state index contributed by atoms with van der Waals surface area (Å²) in [6, 6.07) is 8.42. The van der Waals surface area contributed by atoms with Gasteiger partial charge in [-0.25, -0.2) is 4.79 Å². The molecule has 8 heteroatoms.